The van der Waals surface area contributed by atoms with Crippen molar-refractivity contribution in [3.05, 3.63) is 95.1 Å². The number of rotatable bonds is 10. The van der Waals surface area contributed by atoms with E-state index in [1.54, 1.807) is 24.3 Å². The van der Waals surface area contributed by atoms with Gasteiger partial charge in [-0.2, -0.15) is 5.26 Å². The van der Waals surface area contributed by atoms with Crippen molar-refractivity contribution in [2.24, 2.45) is 5.73 Å². The van der Waals surface area contributed by atoms with E-state index >= 15 is 0 Å². The van der Waals surface area contributed by atoms with Crippen LogP contribution < -0.4 is 20.5 Å². The van der Waals surface area contributed by atoms with Gasteiger partial charge < -0.3 is 20.5 Å². The number of ether oxygens (including phenoxy) is 2. The first kappa shape index (κ1) is 21.9. The van der Waals surface area contributed by atoms with Crippen LogP contribution in [0.4, 0.5) is 0 Å². The smallest absolute Gasteiger partial charge is 0.251 e. The average Bonchev–Trinajstić information content (AvgIpc) is 2.83. The van der Waals surface area contributed by atoms with E-state index in [0.29, 0.717) is 37.4 Å². The number of amides is 1. The van der Waals surface area contributed by atoms with Crippen molar-refractivity contribution in [3.63, 3.8) is 0 Å². The summed E-state index contributed by atoms with van der Waals surface area (Å²) in [5.41, 5.74) is 8.68. The van der Waals surface area contributed by atoms with Crippen molar-refractivity contribution in [1.82, 2.24) is 5.32 Å². The van der Waals surface area contributed by atoms with Crippen LogP contribution in [0.5, 0.6) is 11.5 Å². The first-order valence-corrected chi connectivity index (χ1v) is 10.1. The van der Waals surface area contributed by atoms with Crippen molar-refractivity contribution in [1.29, 1.82) is 5.26 Å². The molecule has 0 aromatic heterocycles. The zero-order valence-electron chi connectivity index (χ0n) is 17.2. The highest BCUT2D eigenvalue weighted by atomic mass is 16.5. The van der Waals surface area contributed by atoms with Gasteiger partial charge in [-0.15, -0.1) is 0 Å². The van der Waals surface area contributed by atoms with Gasteiger partial charge in [0.15, 0.2) is 0 Å². The minimum atomic E-state index is -0.178. The fourth-order valence-corrected chi connectivity index (χ4v) is 2.84. The molecule has 0 heterocycles. The number of nitrogens with one attached hydrogen (secondary N) is 1. The van der Waals surface area contributed by atoms with Crippen LogP contribution >= 0.6 is 0 Å². The Morgan fingerprint density at radius 2 is 1.39 bits per heavy atom. The largest absolute Gasteiger partial charge is 0.493 e. The molecule has 6 nitrogen and oxygen atoms in total. The Hall–Kier alpha value is -3.82. The number of hydrogen-bond acceptors (Lipinski definition) is 5. The van der Waals surface area contributed by atoms with E-state index in [2.05, 4.69) is 5.32 Å². The second kappa shape index (κ2) is 11.4. The minimum absolute atomic E-state index is 0.178. The van der Waals surface area contributed by atoms with Crippen LogP contribution in [0.15, 0.2) is 72.8 Å². The van der Waals surface area contributed by atoms with E-state index in [9.17, 15) is 4.79 Å². The topological polar surface area (TPSA) is 97.4 Å². The molecule has 0 aliphatic rings. The average molecular weight is 415 g/mol. The van der Waals surface area contributed by atoms with Gasteiger partial charge in [-0.1, -0.05) is 24.3 Å². The number of carbonyl (C=O) groups excluding carboxylic acids is 1. The maximum atomic E-state index is 12.2. The first-order chi connectivity index (χ1) is 15.2. The molecular formula is C25H25N3O3. The lowest BCUT2D eigenvalue weighted by atomic mass is 10.1. The summed E-state index contributed by atoms with van der Waals surface area (Å²) in [5.74, 6) is 1.42. The van der Waals surface area contributed by atoms with Crippen LogP contribution in [0.2, 0.25) is 0 Å². The molecule has 1 amide bonds. The number of nitrogens with zero attached hydrogens (tertiary/aromatic N) is 1. The van der Waals surface area contributed by atoms with Gasteiger partial charge in [0.25, 0.3) is 5.91 Å². The molecule has 0 spiro atoms. The molecule has 0 radical (unpaired) electrons. The maximum Gasteiger partial charge on any atom is 0.251 e. The zero-order valence-corrected chi connectivity index (χ0v) is 17.2. The van der Waals surface area contributed by atoms with E-state index in [4.69, 9.17) is 20.5 Å². The molecule has 0 saturated heterocycles. The van der Waals surface area contributed by atoms with Crippen molar-refractivity contribution < 1.29 is 14.3 Å². The van der Waals surface area contributed by atoms with Crippen LogP contribution in [0, 0.1) is 11.3 Å². The van der Waals surface area contributed by atoms with Gasteiger partial charge in [-0.3, -0.25) is 4.79 Å². The predicted octanol–water partition coefficient (Wildman–Crippen LogP) is 3.79. The van der Waals surface area contributed by atoms with Gasteiger partial charge in [0, 0.05) is 25.1 Å². The standard InChI is InChI=1S/C25H25N3O3/c26-16-19-2-8-22(9-3-19)25(29)28-18-21-6-12-24(13-7-21)31-15-1-14-30-23-10-4-20(17-27)5-11-23/h2-13H,1,14-15,17-18,27H2,(H,28,29). The molecule has 0 aliphatic carbocycles. The number of nitriles is 1. The third kappa shape index (κ3) is 6.88. The van der Waals surface area contributed by atoms with E-state index in [1.165, 1.54) is 0 Å². The Morgan fingerprint density at radius 1 is 0.839 bits per heavy atom. The number of carbonyl (C=O) groups is 1. The second-order valence-corrected chi connectivity index (χ2v) is 6.91. The zero-order chi connectivity index (χ0) is 21.9. The van der Waals surface area contributed by atoms with Gasteiger partial charge in [0.05, 0.1) is 24.8 Å². The van der Waals surface area contributed by atoms with E-state index in [-0.39, 0.29) is 5.91 Å². The van der Waals surface area contributed by atoms with Gasteiger partial charge >= 0.3 is 0 Å². The van der Waals surface area contributed by atoms with Crippen molar-refractivity contribution >= 4 is 5.91 Å². The van der Waals surface area contributed by atoms with E-state index in [0.717, 1.165) is 29.0 Å². The van der Waals surface area contributed by atoms with E-state index < -0.39 is 0 Å². The first-order valence-electron chi connectivity index (χ1n) is 10.1. The van der Waals surface area contributed by atoms with Crippen molar-refractivity contribution in [3.8, 4) is 17.6 Å². The molecule has 0 saturated carbocycles. The Labute approximate surface area is 182 Å². The van der Waals surface area contributed by atoms with Gasteiger partial charge in [0.2, 0.25) is 0 Å². The van der Waals surface area contributed by atoms with Crippen LogP contribution in [0.1, 0.15) is 33.5 Å². The summed E-state index contributed by atoms with van der Waals surface area (Å²) < 4.78 is 11.4. The molecule has 0 aliphatic heterocycles. The summed E-state index contributed by atoms with van der Waals surface area (Å²) in [6.45, 7) is 2.06. The third-order valence-electron chi connectivity index (χ3n) is 4.64. The lowest BCUT2D eigenvalue weighted by Gasteiger charge is -2.10. The summed E-state index contributed by atoms with van der Waals surface area (Å²) in [7, 11) is 0. The Kier molecular flexibility index (Phi) is 8.04. The quantitative estimate of drug-likeness (QED) is 0.491. The highest BCUT2D eigenvalue weighted by Gasteiger charge is 2.05. The van der Waals surface area contributed by atoms with Gasteiger partial charge in [-0.05, 0) is 59.7 Å². The van der Waals surface area contributed by atoms with Crippen LogP contribution in [-0.2, 0) is 13.1 Å². The lowest BCUT2D eigenvalue weighted by molar-refractivity contribution is 0.0951. The molecule has 3 aromatic carbocycles. The third-order valence-corrected chi connectivity index (χ3v) is 4.64. The molecule has 0 fully saturated rings. The lowest BCUT2D eigenvalue weighted by Crippen LogP contribution is -2.22. The Bertz CT molecular complexity index is 1010. The molecule has 0 atom stereocenters. The molecule has 0 unspecified atom stereocenters. The molecule has 3 N–H and O–H groups in total. The molecular weight excluding hydrogens is 390 g/mol. The Morgan fingerprint density at radius 3 is 1.90 bits per heavy atom. The van der Waals surface area contributed by atoms with E-state index in [1.807, 2.05) is 54.6 Å². The summed E-state index contributed by atoms with van der Waals surface area (Å²) in [6, 6.07) is 23.9. The molecule has 3 aromatic rings. The normalized spacial score (nSPS) is 10.2. The Balaban J connectivity index is 1.35. The van der Waals surface area contributed by atoms with Crippen LogP contribution in [0.3, 0.4) is 0 Å². The summed E-state index contributed by atoms with van der Waals surface area (Å²) in [5, 5.41) is 11.7. The molecule has 0 bridgehead atoms. The number of benzene rings is 3. The summed E-state index contributed by atoms with van der Waals surface area (Å²) in [4.78, 5) is 12.2. The SMILES string of the molecule is N#Cc1ccc(C(=O)NCc2ccc(OCCCOc3ccc(CN)cc3)cc2)cc1. The molecule has 31 heavy (non-hydrogen) atoms. The molecule has 6 heteroatoms. The predicted molar refractivity (Wildman–Crippen MR) is 119 cm³/mol. The highest BCUT2D eigenvalue weighted by molar-refractivity contribution is 5.94. The fraction of sp³-hybridized carbons (Fsp3) is 0.200. The maximum absolute atomic E-state index is 12.2. The number of nitrogens with two attached hydrogens (primary N) is 1. The molecule has 158 valence electrons. The van der Waals surface area contributed by atoms with Crippen molar-refractivity contribution in [2.75, 3.05) is 13.2 Å². The fourth-order valence-electron chi connectivity index (χ4n) is 2.84. The summed E-state index contributed by atoms with van der Waals surface area (Å²) >= 11 is 0. The van der Waals surface area contributed by atoms with Crippen LogP contribution in [-0.4, -0.2) is 19.1 Å². The summed E-state index contributed by atoms with van der Waals surface area (Å²) in [6.07, 6.45) is 0.765. The van der Waals surface area contributed by atoms with Crippen LogP contribution in [0.25, 0.3) is 0 Å². The van der Waals surface area contributed by atoms with Gasteiger partial charge in [0.1, 0.15) is 11.5 Å². The monoisotopic (exact) mass is 415 g/mol. The highest BCUT2D eigenvalue weighted by Crippen LogP contribution is 2.14. The van der Waals surface area contributed by atoms with Crippen molar-refractivity contribution in [2.45, 2.75) is 19.5 Å². The molecule has 3 rings (SSSR count). The number of hydrogen-bond donors (Lipinski definition) is 2. The second-order valence-electron chi connectivity index (χ2n) is 6.91. The minimum Gasteiger partial charge on any atom is -0.493 e. The van der Waals surface area contributed by atoms with Gasteiger partial charge in [-0.25, -0.2) is 0 Å².